The van der Waals surface area contributed by atoms with Crippen molar-refractivity contribution in [3.63, 3.8) is 0 Å². The first-order valence-electron chi connectivity index (χ1n) is 7.79. The second kappa shape index (κ2) is 7.40. The van der Waals surface area contributed by atoms with Crippen molar-refractivity contribution in [2.75, 3.05) is 18.5 Å². The molecule has 2 aromatic rings. The lowest BCUT2D eigenvalue weighted by Crippen LogP contribution is -2.14. The second-order valence-electron chi connectivity index (χ2n) is 5.34. The number of fused-ring (bicyclic) bond motifs is 1. The van der Waals surface area contributed by atoms with E-state index < -0.39 is 5.97 Å². The van der Waals surface area contributed by atoms with Crippen LogP contribution in [-0.4, -0.2) is 25.1 Å². The molecule has 1 heterocycles. The van der Waals surface area contributed by atoms with Gasteiger partial charge in [-0.1, -0.05) is 35.9 Å². The number of amides is 1. The number of carbonyl (C=O) groups excluding carboxylic acids is 2. The molecule has 1 aliphatic heterocycles. The molecule has 0 aliphatic carbocycles. The van der Waals surface area contributed by atoms with E-state index in [1.54, 1.807) is 31.2 Å². The van der Waals surface area contributed by atoms with Crippen LogP contribution >= 0.6 is 11.6 Å². The zero-order valence-electron chi connectivity index (χ0n) is 13.5. The number of esters is 1. The van der Waals surface area contributed by atoms with Crippen molar-refractivity contribution < 1.29 is 19.1 Å². The van der Waals surface area contributed by atoms with Crippen LogP contribution in [0.15, 0.2) is 42.5 Å². The lowest BCUT2D eigenvalue weighted by molar-refractivity contribution is -0.145. The van der Waals surface area contributed by atoms with Gasteiger partial charge in [0.2, 0.25) is 0 Å². The summed E-state index contributed by atoms with van der Waals surface area (Å²) in [7, 11) is 0. The Hall–Kier alpha value is -2.79. The Morgan fingerprint density at radius 2 is 2.04 bits per heavy atom. The first-order chi connectivity index (χ1) is 12.1. The van der Waals surface area contributed by atoms with Crippen molar-refractivity contribution >= 4 is 40.8 Å². The molecule has 1 N–H and O–H groups in total. The van der Waals surface area contributed by atoms with Gasteiger partial charge in [0.25, 0.3) is 5.91 Å². The number of hydrogen-bond donors (Lipinski definition) is 1. The number of benzene rings is 2. The van der Waals surface area contributed by atoms with E-state index in [-0.39, 0.29) is 12.5 Å². The summed E-state index contributed by atoms with van der Waals surface area (Å²) in [6.45, 7) is 1.82. The van der Waals surface area contributed by atoms with E-state index in [0.717, 1.165) is 16.8 Å². The summed E-state index contributed by atoms with van der Waals surface area (Å²) in [5, 5.41) is 3.17. The van der Waals surface area contributed by atoms with Crippen molar-refractivity contribution in [2.24, 2.45) is 0 Å². The number of hydrogen-bond acceptors (Lipinski definition) is 4. The average molecular weight is 358 g/mol. The Bertz CT molecular complexity index is 860. The normalized spacial score (nSPS) is 14.2. The molecule has 2 aromatic carbocycles. The van der Waals surface area contributed by atoms with Crippen LogP contribution < -0.4 is 10.1 Å². The fourth-order valence-electron chi connectivity index (χ4n) is 2.51. The predicted molar refractivity (Wildman–Crippen MR) is 96.5 cm³/mol. The lowest BCUT2D eigenvalue weighted by Gasteiger charge is -2.08. The first-order valence-corrected chi connectivity index (χ1v) is 8.16. The van der Waals surface area contributed by atoms with Gasteiger partial charge in [-0.25, -0.2) is 4.79 Å². The zero-order valence-corrected chi connectivity index (χ0v) is 14.3. The number of halogens is 1. The minimum absolute atomic E-state index is 0.153. The molecule has 128 valence electrons. The van der Waals surface area contributed by atoms with Crippen LogP contribution in [0, 0.1) is 0 Å². The standard InChI is InChI=1S/C19H16ClNO4/c1-2-24-18(22)11-25-17-8-7-12(10-15(17)20)9-14-13-5-3-4-6-16(13)21-19(14)23/h3-10H,2,11H2,1H3,(H,21,23)/b14-9-. The van der Waals surface area contributed by atoms with Crippen LogP contribution in [0.2, 0.25) is 5.02 Å². The van der Waals surface area contributed by atoms with Gasteiger partial charge >= 0.3 is 5.97 Å². The van der Waals surface area contributed by atoms with Crippen LogP contribution in [0.1, 0.15) is 18.1 Å². The van der Waals surface area contributed by atoms with Gasteiger partial charge in [-0.3, -0.25) is 4.79 Å². The van der Waals surface area contributed by atoms with Crippen LogP contribution in [0.5, 0.6) is 5.75 Å². The Labute approximate surface area is 150 Å². The van der Waals surface area contributed by atoms with E-state index in [2.05, 4.69) is 5.32 Å². The van der Waals surface area contributed by atoms with Crippen LogP contribution in [0.3, 0.4) is 0 Å². The monoisotopic (exact) mass is 357 g/mol. The van der Waals surface area contributed by atoms with Gasteiger partial charge in [0.15, 0.2) is 6.61 Å². The molecular formula is C19H16ClNO4. The summed E-state index contributed by atoms with van der Waals surface area (Å²) < 4.78 is 10.1. The second-order valence-corrected chi connectivity index (χ2v) is 5.75. The smallest absolute Gasteiger partial charge is 0.344 e. The molecule has 0 atom stereocenters. The maximum absolute atomic E-state index is 12.1. The quantitative estimate of drug-likeness (QED) is 0.653. The van der Waals surface area contributed by atoms with Gasteiger partial charge in [-0.05, 0) is 36.8 Å². The van der Waals surface area contributed by atoms with E-state index in [1.807, 2.05) is 24.3 Å². The summed E-state index contributed by atoms with van der Waals surface area (Å²) in [6.07, 6.45) is 1.77. The third-order valence-corrected chi connectivity index (χ3v) is 3.92. The van der Waals surface area contributed by atoms with E-state index in [4.69, 9.17) is 21.1 Å². The summed E-state index contributed by atoms with van der Waals surface area (Å²) >= 11 is 6.21. The Balaban J connectivity index is 1.79. The molecule has 0 bridgehead atoms. The van der Waals surface area contributed by atoms with Gasteiger partial charge in [0.1, 0.15) is 5.75 Å². The molecule has 6 heteroatoms. The molecule has 0 saturated heterocycles. The molecule has 0 fully saturated rings. The van der Waals surface area contributed by atoms with E-state index in [0.29, 0.717) is 23.0 Å². The summed E-state index contributed by atoms with van der Waals surface area (Å²) in [4.78, 5) is 23.5. The predicted octanol–water partition coefficient (Wildman–Crippen LogP) is 3.77. The molecular weight excluding hydrogens is 342 g/mol. The Morgan fingerprint density at radius 3 is 2.80 bits per heavy atom. The third-order valence-electron chi connectivity index (χ3n) is 3.63. The maximum atomic E-state index is 12.1. The molecule has 0 unspecified atom stereocenters. The van der Waals surface area contributed by atoms with E-state index in [9.17, 15) is 9.59 Å². The number of rotatable bonds is 5. The molecule has 3 rings (SSSR count). The molecule has 1 aliphatic rings. The summed E-state index contributed by atoms with van der Waals surface area (Å²) in [5.74, 6) is -0.225. The minimum Gasteiger partial charge on any atom is -0.480 e. The minimum atomic E-state index is -0.455. The molecule has 1 amide bonds. The van der Waals surface area contributed by atoms with Crippen molar-refractivity contribution in [2.45, 2.75) is 6.92 Å². The van der Waals surface area contributed by atoms with Crippen molar-refractivity contribution in [3.8, 4) is 5.75 Å². The highest BCUT2D eigenvalue weighted by molar-refractivity contribution is 6.35. The van der Waals surface area contributed by atoms with Crippen molar-refractivity contribution in [1.29, 1.82) is 0 Å². The third kappa shape index (κ3) is 3.83. The number of carbonyl (C=O) groups is 2. The van der Waals surface area contributed by atoms with E-state index in [1.165, 1.54) is 0 Å². The van der Waals surface area contributed by atoms with Gasteiger partial charge in [0.05, 0.1) is 11.6 Å². The van der Waals surface area contributed by atoms with Crippen molar-refractivity contribution in [3.05, 3.63) is 58.6 Å². The fraction of sp³-hybridized carbons (Fsp3) is 0.158. The first kappa shape index (κ1) is 17.0. The van der Waals surface area contributed by atoms with Crippen molar-refractivity contribution in [1.82, 2.24) is 0 Å². The topological polar surface area (TPSA) is 64.6 Å². The van der Waals surface area contributed by atoms with Crippen LogP contribution in [0.4, 0.5) is 5.69 Å². The SMILES string of the molecule is CCOC(=O)COc1ccc(/C=C2\C(=O)Nc3ccccc32)cc1Cl. The largest absolute Gasteiger partial charge is 0.480 e. The fourth-order valence-corrected chi connectivity index (χ4v) is 2.76. The van der Waals surface area contributed by atoms with Crippen LogP contribution in [0.25, 0.3) is 11.6 Å². The molecule has 5 nitrogen and oxygen atoms in total. The molecule has 0 spiro atoms. The molecule has 25 heavy (non-hydrogen) atoms. The summed E-state index contributed by atoms with van der Waals surface area (Å²) in [5.41, 5.74) is 2.98. The highest BCUT2D eigenvalue weighted by atomic mass is 35.5. The van der Waals surface area contributed by atoms with Gasteiger partial charge in [-0.15, -0.1) is 0 Å². The molecule has 0 aromatic heterocycles. The highest BCUT2D eigenvalue weighted by Crippen LogP contribution is 2.34. The zero-order chi connectivity index (χ0) is 17.8. The number of para-hydroxylation sites is 1. The highest BCUT2D eigenvalue weighted by Gasteiger charge is 2.23. The Kier molecular flexibility index (Phi) is 5.05. The number of nitrogens with one attached hydrogen (secondary N) is 1. The van der Waals surface area contributed by atoms with Gasteiger partial charge in [-0.2, -0.15) is 0 Å². The number of anilines is 1. The Morgan fingerprint density at radius 1 is 1.24 bits per heavy atom. The average Bonchev–Trinajstić information content (AvgIpc) is 2.90. The lowest BCUT2D eigenvalue weighted by atomic mass is 10.0. The van der Waals surface area contributed by atoms with Gasteiger partial charge in [0, 0.05) is 16.8 Å². The van der Waals surface area contributed by atoms with E-state index >= 15 is 0 Å². The number of ether oxygens (including phenoxy) is 2. The molecule has 0 saturated carbocycles. The van der Waals surface area contributed by atoms with Crippen LogP contribution in [-0.2, 0) is 14.3 Å². The van der Waals surface area contributed by atoms with Gasteiger partial charge < -0.3 is 14.8 Å². The summed E-state index contributed by atoms with van der Waals surface area (Å²) in [6, 6.07) is 12.6. The maximum Gasteiger partial charge on any atom is 0.344 e. The molecule has 0 radical (unpaired) electrons.